The third kappa shape index (κ3) is 4.42. The fourth-order valence-corrected chi connectivity index (χ4v) is 1.37. The maximum atomic E-state index is 12.5. The van der Waals surface area contributed by atoms with Crippen molar-refractivity contribution >= 4 is 17.6 Å². The van der Waals surface area contributed by atoms with Crippen LogP contribution in [-0.2, 0) is 20.5 Å². The van der Waals surface area contributed by atoms with Gasteiger partial charge in [0.2, 0.25) is 5.91 Å². The van der Waals surface area contributed by atoms with Crippen LogP contribution < -0.4 is 5.32 Å². The molecule has 0 aliphatic rings. The second-order valence-electron chi connectivity index (χ2n) is 3.89. The van der Waals surface area contributed by atoms with Crippen LogP contribution in [0.5, 0.6) is 0 Å². The number of alkyl halides is 3. The molecule has 0 fully saturated rings. The van der Waals surface area contributed by atoms with E-state index in [4.69, 9.17) is 0 Å². The second-order valence-corrected chi connectivity index (χ2v) is 3.89. The van der Waals surface area contributed by atoms with Gasteiger partial charge in [0.1, 0.15) is 0 Å². The van der Waals surface area contributed by atoms with Crippen molar-refractivity contribution < 1.29 is 27.5 Å². The summed E-state index contributed by atoms with van der Waals surface area (Å²) in [5, 5.41) is 2.24. The summed E-state index contributed by atoms with van der Waals surface area (Å²) >= 11 is 0. The Labute approximate surface area is 113 Å². The van der Waals surface area contributed by atoms with Gasteiger partial charge in [0.25, 0.3) is 0 Å². The Bertz CT molecular complexity index is 550. The number of halogens is 3. The minimum absolute atomic E-state index is 0.0151. The number of hydrogen-bond donors (Lipinski definition) is 1. The predicted octanol–water partition coefficient (Wildman–Crippen LogP) is 2.76. The molecule has 1 rings (SSSR count). The van der Waals surface area contributed by atoms with Gasteiger partial charge in [0.15, 0.2) is 0 Å². The van der Waals surface area contributed by atoms with Crippen molar-refractivity contribution in [2.24, 2.45) is 0 Å². The maximum absolute atomic E-state index is 12.5. The van der Waals surface area contributed by atoms with Gasteiger partial charge in [0, 0.05) is 17.3 Å². The van der Waals surface area contributed by atoms with Gasteiger partial charge in [-0.1, -0.05) is 6.07 Å². The van der Waals surface area contributed by atoms with Gasteiger partial charge in [-0.15, -0.1) is 0 Å². The Morgan fingerprint density at radius 3 is 2.50 bits per heavy atom. The third-order valence-corrected chi connectivity index (χ3v) is 2.31. The minimum atomic E-state index is -4.49. The van der Waals surface area contributed by atoms with Gasteiger partial charge in [-0.05, 0) is 25.1 Å². The van der Waals surface area contributed by atoms with E-state index < -0.39 is 23.6 Å². The molecule has 0 saturated heterocycles. The molecule has 0 bridgehead atoms. The van der Waals surface area contributed by atoms with Crippen molar-refractivity contribution in [1.82, 2.24) is 0 Å². The number of hydrogen-bond acceptors (Lipinski definition) is 3. The van der Waals surface area contributed by atoms with E-state index >= 15 is 0 Å². The van der Waals surface area contributed by atoms with Crippen molar-refractivity contribution in [3.8, 4) is 0 Å². The van der Waals surface area contributed by atoms with E-state index in [2.05, 4.69) is 10.1 Å². The van der Waals surface area contributed by atoms with E-state index in [0.717, 1.165) is 25.3 Å². The zero-order valence-electron chi connectivity index (χ0n) is 10.7. The summed E-state index contributed by atoms with van der Waals surface area (Å²) < 4.78 is 41.8. The van der Waals surface area contributed by atoms with Crippen LogP contribution in [0.4, 0.5) is 18.9 Å². The van der Waals surface area contributed by atoms with Crippen LogP contribution in [0, 0.1) is 0 Å². The quantitative estimate of drug-likeness (QED) is 0.687. The number of carbonyl (C=O) groups is 2. The lowest BCUT2D eigenvalue weighted by molar-refractivity contribution is -0.137. The van der Waals surface area contributed by atoms with Crippen LogP contribution in [0.1, 0.15) is 12.5 Å². The normalized spacial score (nSPS) is 11.9. The van der Waals surface area contributed by atoms with Crippen LogP contribution in [-0.4, -0.2) is 19.0 Å². The van der Waals surface area contributed by atoms with Gasteiger partial charge < -0.3 is 10.1 Å². The molecule has 0 atom stereocenters. The van der Waals surface area contributed by atoms with Crippen LogP contribution in [0.25, 0.3) is 0 Å². The fraction of sp³-hybridized carbons (Fsp3) is 0.231. The van der Waals surface area contributed by atoms with Crippen molar-refractivity contribution in [2.45, 2.75) is 13.1 Å². The number of benzene rings is 1. The summed E-state index contributed by atoms with van der Waals surface area (Å²) in [6, 6.07) is 4.19. The molecule has 1 amide bonds. The maximum Gasteiger partial charge on any atom is 0.416 e. The third-order valence-electron chi connectivity index (χ3n) is 2.31. The highest BCUT2D eigenvalue weighted by Crippen LogP contribution is 2.30. The van der Waals surface area contributed by atoms with E-state index in [9.17, 15) is 22.8 Å². The number of carbonyl (C=O) groups excluding carboxylic acids is 2. The summed E-state index contributed by atoms with van der Waals surface area (Å²) in [4.78, 5) is 22.6. The Balaban J connectivity index is 2.84. The largest absolute Gasteiger partial charge is 0.466 e. The minimum Gasteiger partial charge on any atom is -0.466 e. The first kappa shape index (κ1) is 15.7. The molecule has 4 nitrogen and oxygen atoms in total. The summed E-state index contributed by atoms with van der Waals surface area (Å²) in [5.41, 5.74) is -0.848. The fourth-order valence-electron chi connectivity index (χ4n) is 1.37. The number of amides is 1. The number of esters is 1. The first-order chi connectivity index (χ1) is 9.24. The van der Waals surface area contributed by atoms with Crippen LogP contribution >= 0.6 is 0 Å². The summed E-state index contributed by atoms with van der Waals surface area (Å²) in [6.45, 7) is 1.36. The molecule has 108 valence electrons. The first-order valence-corrected chi connectivity index (χ1v) is 5.49. The number of rotatable bonds is 3. The summed E-state index contributed by atoms with van der Waals surface area (Å²) in [7, 11) is 1.16. The monoisotopic (exact) mass is 287 g/mol. The standard InChI is InChI=1S/C13H12F3NO3/c1-8(12(19)20-2)6-11(18)17-10-5-3-4-9(7-10)13(14,15)16/h3-7H,1-2H3,(H,17,18)/b8-6-. The Kier molecular flexibility index (Phi) is 4.90. The molecule has 0 aliphatic carbocycles. The zero-order valence-corrected chi connectivity index (χ0v) is 10.7. The van der Waals surface area contributed by atoms with Crippen LogP contribution in [0.15, 0.2) is 35.9 Å². The Hall–Kier alpha value is -2.31. The van der Waals surface area contributed by atoms with Crippen molar-refractivity contribution in [1.29, 1.82) is 0 Å². The van der Waals surface area contributed by atoms with Crippen LogP contribution in [0.2, 0.25) is 0 Å². The molecule has 0 spiro atoms. The van der Waals surface area contributed by atoms with Gasteiger partial charge in [-0.2, -0.15) is 13.2 Å². The number of nitrogens with one attached hydrogen (secondary N) is 1. The molecule has 20 heavy (non-hydrogen) atoms. The Morgan fingerprint density at radius 2 is 1.95 bits per heavy atom. The highest BCUT2D eigenvalue weighted by atomic mass is 19.4. The Morgan fingerprint density at radius 1 is 1.30 bits per heavy atom. The lowest BCUT2D eigenvalue weighted by atomic mass is 10.2. The highest BCUT2D eigenvalue weighted by Gasteiger charge is 2.30. The molecule has 1 aromatic rings. The molecule has 0 radical (unpaired) electrons. The molecule has 7 heteroatoms. The van der Waals surface area contributed by atoms with Crippen LogP contribution in [0.3, 0.4) is 0 Å². The van der Waals surface area contributed by atoms with Crippen molar-refractivity contribution in [3.63, 3.8) is 0 Å². The van der Waals surface area contributed by atoms with E-state index in [1.54, 1.807) is 0 Å². The average Bonchev–Trinajstić information content (AvgIpc) is 2.36. The smallest absolute Gasteiger partial charge is 0.416 e. The number of methoxy groups -OCH3 is 1. The number of anilines is 1. The molecule has 0 aliphatic heterocycles. The van der Waals surface area contributed by atoms with Gasteiger partial charge >= 0.3 is 12.1 Å². The van der Waals surface area contributed by atoms with E-state index in [1.807, 2.05) is 0 Å². The van der Waals surface area contributed by atoms with E-state index in [-0.39, 0.29) is 11.3 Å². The van der Waals surface area contributed by atoms with Crippen molar-refractivity contribution in [2.75, 3.05) is 12.4 Å². The van der Waals surface area contributed by atoms with Gasteiger partial charge in [-0.3, -0.25) is 4.79 Å². The lowest BCUT2D eigenvalue weighted by Crippen LogP contribution is -2.12. The molecule has 0 unspecified atom stereocenters. The predicted molar refractivity (Wildman–Crippen MR) is 65.8 cm³/mol. The second kappa shape index (κ2) is 6.23. The SMILES string of the molecule is COC(=O)/C(C)=C\C(=O)Nc1cccc(C(F)(F)F)c1. The molecular weight excluding hydrogens is 275 g/mol. The molecule has 1 aromatic carbocycles. The molecule has 0 saturated carbocycles. The zero-order chi connectivity index (χ0) is 15.3. The molecule has 0 heterocycles. The van der Waals surface area contributed by atoms with Crippen molar-refractivity contribution in [3.05, 3.63) is 41.5 Å². The van der Waals surface area contributed by atoms with Gasteiger partial charge in [0.05, 0.1) is 12.7 Å². The highest BCUT2D eigenvalue weighted by molar-refractivity contribution is 6.04. The average molecular weight is 287 g/mol. The number of ether oxygens (including phenoxy) is 1. The van der Waals surface area contributed by atoms with E-state index in [1.165, 1.54) is 19.1 Å². The van der Waals surface area contributed by atoms with E-state index in [0.29, 0.717) is 0 Å². The molecular formula is C13H12F3NO3. The van der Waals surface area contributed by atoms with Gasteiger partial charge in [-0.25, -0.2) is 4.79 Å². The lowest BCUT2D eigenvalue weighted by Gasteiger charge is -2.09. The molecule has 0 aromatic heterocycles. The molecule has 1 N–H and O–H groups in total. The summed E-state index contributed by atoms with van der Waals surface area (Å²) in [6.07, 6.45) is -3.54. The topological polar surface area (TPSA) is 55.4 Å². The first-order valence-electron chi connectivity index (χ1n) is 5.49. The summed E-state index contributed by atoms with van der Waals surface area (Å²) in [5.74, 6) is -1.41.